The molecule has 1 aromatic rings. The van der Waals surface area contributed by atoms with Crippen molar-refractivity contribution in [2.75, 3.05) is 11.9 Å². The van der Waals surface area contributed by atoms with Crippen LogP contribution in [-0.2, 0) is 0 Å². The van der Waals surface area contributed by atoms with Crippen LogP contribution in [0.1, 0.15) is 27.2 Å². The number of nitrogens with zero attached hydrogens (tertiary/aromatic N) is 1. The Morgan fingerprint density at radius 3 is 2.56 bits per heavy atom. The Labute approximate surface area is 109 Å². The van der Waals surface area contributed by atoms with Gasteiger partial charge in [-0.3, -0.25) is 4.99 Å². The molecule has 0 spiro atoms. The topological polar surface area (TPSA) is 70.6 Å². The van der Waals surface area contributed by atoms with E-state index in [1.54, 1.807) is 6.92 Å². The smallest absolute Gasteiger partial charge is 0.193 e. The highest BCUT2D eigenvalue weighted by Gasteiger charge is 2.21. The van der Waals surface area contributed by atoms with Crippen LogP contribution in [0.15, 0.2) is 35.3 Å². The third-order valence-electron chi connectivity index (χ3n) is 2.48. The third-order valence-corrected chi connectivity index (χ3v) is 2.48. The summed E-state index contributed by atoms with van der Waals surface area (Å²) in [4.78, 5) is 4.18. The highest BCUT2D eigenvalue weighted by Crippen LogP contribution is 2.16. The number of rotatable bonds is 5. The Balaban J connectivity index is 2.52. The van der Waals surface area contributed by atoms with Gasteiger partial charge in [-0.2, -0.15) is 0 Å². The number of aliphatic hydroxyl groups is 1. The molecule has 0 saturated carbocycles. The second-order valence-electron chi connectivity index (χ2n) is 5.29. The van der Waals surface area contributed by atoms with Gasteiger partial charge in [0.05, 0.1) is 12.1 Å². The molecule has 0 heterocycles. The van der Waals surface area contributed by atoms with Crippen LogP contribution in [0.5, 0.6) is 0 Å². The molecule has 0 aliphatic carbocycles. The van der Waals surface area contributed by atoms with Gasteiger partial charge in [-0.15, -0.1) is 0 Å². The fraction of sp³-hybridized carbons (Fsp3) is 0.500. The van der Waals surface area contributed by atoms with Gasteiger partial charge < -0.3 is 16.2 Å². The lowest BCUT2D eigenvalue weighted by atomic mass is 9.94. The lowest BCUT2D eigenvalue weighted by Gasteiger charge is -2.23. The van der Waals surface area contributed by atoms with Crippen molar-refractivity contribution in [3.63, 3.8) is 0 Å². The van der Waals surface area contributed by atoms with E-state index in [0.29, 0.717) is 24.8 Å². The molecule has 0 aliphatic rings. The van der Waals surface area contributed by atoms with E-state index < -0.39 is 5.60 Å². The van der Waals surface area contributed by atoms with Gasteiger partial charge >= 0.3 is 0 Å². The zero-order valence-corrected chi connectivity index (χ0v) is 11.4. The van der Waals surface area contributed by atoms with E-state index in [1.165, 1.54) is 0 Å². The van der Waals surface area contributed by atoms with Gasteiger partial charge in [-0.1, -0.05) is 32.0 Å². The minimum absolute atomic E-state index is 0.302. The van der Waals surface area contributed by atoms with Crippen molar-refractivity contribution in [2.24, 2.45) is 16.6 Å². The SMILES string of the molecule is CC(C)CC(C)(O)CN=C(N)Nc1ccccc1. The van der Waals surface area contributed by atoms with Crippen LogP contribution in [0, 0.1) is 5.92 Å². The van der Waals surface area contributed by atoms with Crippen molar-refractivity contribution < 1.29 is 5.11 Å². The lowest BCUT2D eigenvalue weighted by Crippen LogP contribution is -2.32. The van der Waals surface area contributed by atoms with E-state index in [9.17, 15) is 5.11 Å². The van der Waals surface area contributed by atoms with Crippen LogP contribution in [0.2, 0.25) is 0 Å². The predicted molar refractivity (Wildman–Crippen MR) is 76.6 cm³/mol. The predicted octanol–water partition coefficient (Wildman–Crippen LogP) is 2.21. The number of hydrogen-bond donors (Lipinski definition) is 3. The fourth-order valence-corrected chi connectivity index (χ4v) is 1.91. The molecule has 0 amide bonds. The number of hydrogen-bond acceptors (Lipinski definition) is 2. The van der Waals surface area contributed by atoms with Crippen LogP contribution in [-0.4, -0.2) is 23.2 Å². The number of guanidine groups is 1. The van der Waals surface area contributed by atoms with Crippen LogP contribution < -0.4 is 11.1 Å². The summed E-state index contributed by atoms with van der Waals surface area (Å²) >= 11 is 0. The summed E-state index contributed by atoms with van der Waals surface area (Å²) in [6.07, 6.45) is 0.703. The molecule has 0 aromatic heterocycles. The summed E-state index contributed by atoms with van der Waals surface area (Å²) in [6.45, 7) is 6.23. The number of nitrogens with one attached hydrogen (secondary N) is 1. The van der Waals surface area contributed by atoms with Gasteiger partial charge in [-0.25, -0.2) is 0 Å². The molecule has 18 heavy (non-hydrogen) atoms. The molecule has 1 rings (SSSR count). The quantitative estimate of drug-likeness (QED) is 0.553. The van der Waals surface area contributed by atoms with Gasteiger partial charge in [0.1, 0.15) is 0 Å². The third kappa shape index (κ3) is 5.68. The Bertz CT molecular complexity index is 385. The number of anilines is 1. The average Bonchev–Trinajstić information content (AvgIpc) is 2.26. The first kappa shape index (κ1) is 14.5. The Hall–Kier alpha value is -1.55. The Kier molecular flexibility index (Phi) is 5.16. The maximum Gasteiger partial charge on any atom is 0.193 e. The zero-order valence-electron chi connectivity index (χ0n) is 11.4. The second-order valence-corrected chi connectivity index (χ2v) is 5.29. The molecule has 0 saturated heterocycles. The fourth-order valence-electron chi connectivity index (χ4n) is 1.91. The highest BCUT2D eigenvalue weighted by atomic mass is 16.3. The number of benzene rings is 1. The van der Waals surface area contributed by atoms with E-state index in [0.717, 1.165) is 5.69 Å². The van der Waals surface area contributed by atoms with Crippen molar-refractivity contribution in [3.8, 4) is 0 Å². The molecule has 100 valence electrons. The molecule has 4 heteroatoms. The minimum Gasteiger partial charge on any atom is -0.388 e. The van der Waals surface area contributed by atoms with Gasteiger partial charge in [0.25, 0.3) is 0 Å². The summed E-state index contributed by atoms with van der Waals surface area (Å²) in [7, 11) is 0. The van der Waals surface area contributed by atoms with Crippen molar-refractivity contribution in [3.05, 3.63) is 30.3 Å². The summed E-state index contributed by atoms with van der Waals surface area (Å²) in [5, 5.41) is 13.1. The first-order valence-electron chi connectivity index (χ1n) is 6.23. The van der Waals surface area contributed by atoms with E-state index in [4.69, 9.17) is 5.73 Å². The number of aliphatic imine (C=N–C) groups is 1. The molecular formula is C14H23N3O. The van der Waals surface area contributed by atoms with Crippen LogP contribution in [0.3, 0.4) is 0 Å². The van der Waals surface area contributed by atoms with Crippen LogP contribution in [0.4, 0.5) is 5.69 Å². The highest BCUT2D eigenvalue weighted by molar-refractivity contribution is 5.92. The van der Waals surface area contributed by atoms with Crippen molar-refractivity contribution in [1.82, 2.24) is 0 Å². The largest absolute Gasteiger partial charge is 0.388 e. The molecule has 4 N–H and O–H groups in total. The summed E-state index contributed by atoms with van der Waals surface area (Å²) < 4.78 is 0. The first-order valence-corrected chi connectivity index (χ1v) is 6.23. The number of nitrogens with two attached hydrogens (primary N) is 1. The zero-order chi connectivity index (χ0) is 13.6. The molecule has 0 aliphatic heterocycles. The first-order chi connectivity index (χ1) is 8.39. The lowest BCUT2D eigenvalue weighted by molar-refractivity contribution is 0.0478. The standard InChI is InChI=1S/C14H23N3O/c1-11(2)9-14(3,18)10-16-13(15)17-12-7-5-4-6-8-12/h4-8,11,18H,9-10H2,1-3H3,(H3,15,16,17). The Morgan fingerprint density at radius 2 is 2.00 bits per heavy atom. The van der Waals surface area contributed by atoms with Gasteiger partial charge in [0, 0.05) is 5.69 Å². The number of para-hydroxylation sites is 1. The maximum absolute atomic E-state index is 10.1. The van der Waals surface area contributed by atoms with Crippen molar-refractivity contribution in [2.45, 2.75) is 32.8 Å². The average molecular weight is 249 g/mol. The molecule has 0 fully saturated rings. The molecular weight excluding hydrogens is 226 g/mol. The summed E-state index contributed by atoms with van der Waals surface area (Å²) in [5.74, 6) is 0.753. The normalized spacial score (nSPS) is 15.5. The molecule has 1 atom stereocenters. The molecule has 0 bridgehead atoms. The van der Waals surface area contributed by atoms with Gasteiger partial charge in [0.2, 0.25) is 0 Å². The van der Waals surface area contributed by atoms with Crippen molar-refractivity contribution in [1.29, 1.82) is 0 Å². The maximum atomic E-state index is 10.1. The summed E-state index contributed by atoms with van der Waals surface area (Å²) in [5.41, 5.74) is 5.85. The van der Waals surface area contributed by atoms with E-state index >= 15 is 0 Å². The minimum atomic E-state index is -0.808. The van der Waals surface area contributed by atoms with E-state index in [-0.39, 0.29) is 0 Å². The van der Waals surface area contributed by atoms with Gasteiger partial charge in [0.15, 0.2) is 5.96 Å². The van der Waals surface area contributed by atoms with E-state index in [1.807, 2.05) is 30.3 Å². The van der Waals surface area contributed by atoms with Gasteiger partial charge in [-0.05, 0) is 31.4 Å². The molecule has 0 radical (unpaired) electrons. The molecule has 1 unspecified atom stereocenters. The summed E-state index contributed by atoms with van der Waals surface area (Å²) in [6, 6.07) is 9.60. The monoisotopic (exact) mass is 249 g/mol. The molecule has 4 nitrogen and oxygen atoms in total. The molecule has 1 aromatic carbocycles. The second kappa shape index (κ2) is 6.40. The van der Waals surface area contributed by atoms with Crippen LogP contribution >= 0.6 is 0 Å². The Morgan fingerprint density at radius 1 is 1.39 bits per heavy atom. The van der Waals surface area contributed by atoms with E-state index in [2.05, 4.69) is 24.2 Å². The van der Waals surface area contributed by atoms with Crippen molar-refractivity contribution >= 4 is 11.6 Å². The van der Waals surface area contributed by atoms with Crippen LogP contribution in [0.25, 0.3) is 0 Å².